The maximum Gasteiger partial charge on any atom is 0.419 e. The van der Waals surface area contributed by atoms with Crippen molar-refractivity contribution in [3.63, 3.8) is 0 Å². The van der Waals surface area contributed by atoms with Crippen LogP contribution in [0.2, 0.25) is 0 Å². The Bertz CT molecular complexity index is 937. The van der Waals surface area contributed by atoms with Gasteiger partial charge in [0, 0.05) is 30.9 Å². The molecule has 24 heavy (non-hydrogen) atoms. The summed E-state index contributed by atoms with van der Waals surface area (Å²) in [7, 11) is 0. The molecule has 0 radical (unpaired) electrons. The maximum absolute atomic E-state index is 12.4. The summed E-state index contributed by atoms with van der Waals surface area (Å²) >= 11 is 1.77. The quantitative estimate of drug-likeness (QED) is 0.732. The van der Waals surface area contributed by atoms with Crippen LogP contribution in [0.4, 0.5) is 0 Å². The van der Waals surface area contributed by atoms with Crippen LogP contribution in [0.15, 0.2) is 44.9 Å². The molecule has 1 aromatic carbocycles. The van der Waals surface area contributed by atoms with Crippen molar-refractivity contribution in [2.45, 2.75) is 32.4 Å². The summed E-state index contributed by atoms with van der Waals surface area (Å²) in [6, 6.07) is 9.48. The molecule has 0 spiro atoms. The number of fused-ring (bicyclic) bond motifs is 2. The number of nitrogens with zero attached hydrogens (tertiary/aromatic N) is 2. The third-order valence-electron chi connectivity index (χ3n) is 4.51. The fourth-order valence-corrected chi connectivity index (χ4v) is 4.12. The summed E-state index contributed by atoms with van der Waals surface area (Å²) in [5.41, 5.74) is 2.65. The normalized spacial score (nSPS) is 14.1. The number of para-hydroxylation sites is 2. The molecule has 3 heterocycles. The van der Waals surface area contributed by atoms with E-state index in [1.165, 1.54) is 10.4 Å². The van der Waals surface area contributed by atoms with Gasteiger partial charge >= 0.3 is 5.76 Å². The van der Waals surface area contributed by atoms with Gasteiger partial charge in [-0.1, -0.05) is 12.1 Å². The molecule has 0 atom stereocenters. The molecule has 2 aromatic heterocycles. The van der Waals surface area contributed by atoms with Crippen LogP contribution in [0.5, 0.6) is 0 Å². The molecule has 0 bridgehead atoms. The molecule has 6 heteroatoms. The highest BCUT2D eigenvalue weighted by Gasteiger charge is 2.21. The summed E-state index contributed by atoms with van der Waals surface area (Å²) in [5.74, 6) is -0.197. The Labute approximate surface area is 143 Å². The van der Waals surface area contributed by atoms with Crippen LogP contribution in [0.1, 0.15) is 23.3 Å². The van der Waals surface area contributed by atoms with E-state index >= 15 is 0 Å². The van der Waals surface area contributed by atoms with Gasteiger partial charge in [0.1, 0.15) is 0 Å². The number of oxazole rings is 1. The van der Waals surface area contributed by atoms with Crippen molar-refractivity contribution >= 4 is 28.3 Å². The summed E-state index contributed by atoms with van der Waals surface area (Å²) in [4.78, 5) is 27.7. The van der Waals surface area contributed by atoms with Crippen molar-refractivity contribution < 1.29 is 9.21 Å². The number of carbonyl (C=O) groups excluding carboxylic acids is 1. The van der Waals surface area contributed by atoms with Gasteiger partial charge in [-0.3, -0.25) is 9.36 Å². The van der Waals surface area contributed by atoms with E-state index in [0.29, 0.717) is 31.5 Å². The van der Waals surface area contributed by atoms with Crippen LogP contribution in [-0.4, -0.2) is 21.9 Å². The molecule has 0 aliphatic carbocycles. The molecule has 0 N–H and O–H groups in total. The standard InChI is InChI=1S/C18H18N2O3S/c21-17(19-10-7-16-13(12-19)8-11-24-16)6-3-9-20-14-4-1-2-5-15(14)23-18(20)22/h1-2,4-5,8,11H,3,6-7,9-10,12H2. The number of rotatable bonds is 4. The molecule has 0 saturated carbocycles. The lowest BCUT2D eigenvalue weighted by Crippen LogP contribution is -2.35. The van der Waals surface area contributed by atoms with Crippen molar-refractivity contribution in [3.8, 4) is 0 Å². The molecule has 0 saturated heterocycles. The first-order chi connectivity index (χ1) is 11.7. The first-order valence-corrected chi connectivity index (χ1v) is 9.02. The Morgan fingerprint density at radius 3 is 3.04 bits per heavy atom. The Kier molecular flexibility index (Phi) is 3.98. The number of aromatic nitrogens is 1. The van der Waals surface area contributed by atoms with Crippen LogP contribution in [0.25, 0.3) is 11.1 Å². The van der Waals surface area contributed by atoms with Crippen molar-refractivity contribution in [2.75, 3.05) is 6.54 Å². The predicted molar refractivity (Wildman–Crippen MR) is 93.1 cm³/mol. The lowest BCUT2D eigenvalue weighted by Gasteiger charge is -2.27. The van der Waals surface area contributed by atoms with Gasteiger partial charge in [-0.25, -0.2) is 4.79 Å². The zero-order valence-electron chi connectivity index (χ0n) is 13.2. The molecule has 4 rings (SSSR count). The lowest BCUT2D eigenvalue weighted by molar-refractivity contribution is -0.132. The van der Waals surface area contributed by atoms with E-state index in [1.54, 1.807) is 22.0 Å². The van der Waals surface area contributed by atoms with Crippen LogP contribution in [0.3, 0.4) is 0 Å². The van der Waals surface area contributed by atoms with E-state index in [0.717, 1.165) is 18.5 Å². The second-order valence-corrected chi connectivity index (χ2v) is 7.03. The largest absolute Gasteiger partial charge is 0.419 e. The summed E-state index contributed by atoms with van der Waals surface area (Å²) < 4.78 is 6.82. The van der Waals surface area contributed by atoms with Gasteiger partial charge in [0.25, 0.3) is 0 Å². The molecule has 3 aromatic rings. The van der Waals surface area contributed by atoms with E-state index in [9.17, 15) is 9.59 Å². The zero-order chi connectivity index (χ0) is 16.5. The Balaban J connectivity index is 1.38. The number of carbonyl (C=O) groups is 1. The first kappa shape index (κ1) is 15.2. The van der Waals surface area contributed by atoms with Crippen molar-refractivity contribution in [2.24, 2.45) is 0 Å². The molecule has 1 aliphatic heterocycles. The fourth-order valence-electron chi connectivity index (χ4n) is 3.23. The predicted octanol–water partition coefficient (Wildman–Crippen LogP) is 3.02. The minimum absolute atomic E-state index is 0.160. The van der Waals surface area contributed by atoms with Gasteiger partial charge in [-0.05, 0) is 42.0 Å². The highest BCUT2D eigenvalue weighted by atomic mass is 32.1. The van der Waals surface area contributed by atoms with E-state index in [1.807, 2.05) is 23.1 Å². The number of amides is 1. The smallest absolute Gasteiger partial charge is 0.408 e. The van der Waals surface area contributed by atoms with Gasteiger partial charge in [-0.2, -0.15) is 0 Å². The maximum atomic E-state index is 12.4. The molecule has 1 amide bonds. The topological polar surface area (TPSA) is 55.5 Å². The zero-order valence-corrected chi connectivity index (χ0v) is 14.1. The summed E-state index contributed by atoms with van der Waals surface area (Å²) in [5, 5.41) is 2.09. The van der Waals surface area contributed by atoms with Crippen molar-refractivity contribution in [3.05, 3.63) is 56.7 Å². The monoisotopic (exact) mass is 342 g/mol. The highest BCUT2D eigenvalue weighted by molar-refractivity contribution is 7.10. The second kappa shape index (κ2) is 6.28. The number of benzene rings is 1. The Hall–Kier alpha value is -2.34. The first-order valence-electron chi connectivity index (χ1n) is 8.14. The Morgan fingerprint density at radius 2 is 2.12 bits per heavy atom. The number of thiophene rings is 1. The number of hydrogen-bond donors (Lipinski definition) is 0. The van der Waals surface area contributed by atoms with E-state index in [4.69, 9.17) is 4.42 Å². The molecule has 1 aliphatic rings. The fraction of sp³-hybridized carbons (Fsp3) is 0.333. The molecule has 5 nitrogen and oxygen atoms in total. The molecule has 0 unspecified atom stereocenters. The van der Waals surface area contributed by atoms with Crippen molar-refractivity contribution in [1.82, 2.24) is 9.47 Å². The highest BCUT2D eigenvalue weighted by Crippen LogP contribution is 2.24. The minimum atomic E-state index is -0.357. The van der Waals surface area contributed by atoms with Gasteiger partial charge in [0.15, 0.2) is 5.58 Å². The number of hydrogen-bond acceptors (Lipinski definition) is 4. The lowest BCUT2D eigenvalue weighted by atomic mass is 10.1. The Morgan fingerprint density at radius 1 is 1.25 bits per heavy atom. The third kappa shape index (κ3) is 2.78. The van der Waals surface area contributed by atoms with Gasteiger partial charge < -0.3 is 9.32 Å². The van der Waals surface area contributed by atoms with Gasteiger partial charge in [-0.15, -0.1) is 11.3 Å². The van der Waals surface area contributed by atoms with E-state index < -0.39 is 0 Å². The summed E-state index contributed by atoms with van der Waals surface area (Å²) in [6.45, 7) is 2.01. The molecular weight excluding hydrogens is 324 g/mol. The van der Waals surface area contributed by atoms with Gasteiger partial charge in [0.2, 0.25) is 5.91 Å². The molecule has 0 fully saturated rings. The van der Waals surface area contributed by atoms with E-state index in [2.05, 4.69) is 11.4 Å². The second-order valence-electron chi connectivity index (χ2n) is 6.03. The van der Waals surface area contributed by atoms with Crippen LogP contribution < -0.4 is 5.76 Å². The average Bonchev–Trinajstić information content (AvgIpc) is 3.18. The summed E-state index contributed by atoms with van der Waals surface area (Å²) in [6.07, 6.45) is 2.03. The average molecular weight is 342 g/mol. The SMILES string of the molecule is O=C(CCCn1c(=O)oc2ccccc21)N1CCc2sccc2C1. The minimum Gasteiger partial charge on any atom is -0.408 e. The number of aryl methyl sites for hydroxylation is 1. The third-order valence-corrected chi connectivity index (χ3v) is 5.53. The van der Waals surface area contributed by atoms with E-state index in [-0.39, 0.29) is 11.7 Å². The molecular formula is C18H18N2O3S. The van der Waals surface area contributed by atoms with Crippen molar-refractivity contribution in [1.29, 1.82) is 0 Å². The van der Waals surface area contributed by atoms with Crippen LogP contribution >= 0.6 is 11.3 Å². The van der Waals surface area contributed by atoms with Crippen LogP contribution in [-0.2, 0) is 24.3 Å². The van der Waals surface area contributed by atoms with Gasteiger partial charge in [0.05, 0.1) is 5.52 Å². The molecule has 124 valence electrons. The van der Waals surface area contributed by atoms with Crippen LogP contribution in [0, 0.1) is 0 Å².